The number of allylic oxidation sites excluding steroid dienone is 4. The van der Waals surface area contributed by atoms with Crippen LogP contribution in [-0.2, 0) is 54.8 Å². The Morgan fingerprint density at radius 3 is 2.05 bits per heavy atom. The lowest BCUT2D eigenvalue weighted by atomic mass is 9.76. The van der Waals surface area contributed by atoms with E-state index in [9.17, 15) is 30.7 Å². The molecular formula is C39H54N2O12S2. The van der Waals surface area contributed by atoms with Crippen LogP contribution < -0.4 is 4.90 Å². The van der Waals surface area contributed by atoms with E-state index < -0.39 is 37.0 Å². The number of unbranched alkanes of at least 4 members (excludes halogenated alkanes) is 2. The molecule has 0 aliphatic carbocycles. The molecule has 0 amide bonds. The Bertz CT molecular complexity index is 1990. The van der Waals surface area contributed by atoms with E-state index in [1.807, 2.05) is 39.0 Å². The minimum Gasteiger partial charge on any atom is -0.744 e. The zero-order valence-corrected chi connectivity index (χ0v) is 33.9. The number of ether oxygens (including phenoxy) is 4. The summed E-state index contributed by atoms with van der Waals surface area (Å²) in [4.78, 5) is 12.7. The molecule has 2 aromatic rings. The van der Waals surface area contributed by atoms with Crippen molar-refractivity contribution in [2.45, 2.75) is 79.9 Å². The Morgan fingerprint density at radius 2 is 1.47 bits per heavy atom. The Hall–Kier alpha value is -3.48. The van der Waals surface area contributed by atoms with E-state index in [1.165, 1.54) is 24.3 Å². The van der Waals surface area contributed by atoms with Crippen LogP contribution in [0.15, 0.2) is 70.1 Å². The van der Waals surface area contributed by atoms with Gasteiger partial charge in [-0.25, -0.2) is 8.42 Å². The smallest absolute Gasteiger partial charge is 0.303 e. The van der Waals surface area contributed by atoms with E-state index in [0.29, 0.717) is 90.4 Å². The molecule has 2 aromatic carbocycles. The van der Waals surface area contributed by atoms with Crippen LogP contribution in [0.25, 0.3) is 0 Å². The molecule has 2 atom stereocenters. The summed E-state index contributed by atoms with van der Waals surface area (Å²) in [5.41, 5.74) is 3.14. The van der Waals surface area contributed by atoms with Gasteiger partial charge < -0.3 is 33.5 Å². The molecule has 0 fully saturated rings. The molecule has 2 unspecified atom stereocenters. The van der Waals surface area contributed by atoms with E-state index in [2.05, 4.69) is 9.48 Å². The number of carbonyl (C=O) groups is 1. The number of rotatable bonds is 23. The van der Waals surface area contributed by atoms with Crippen molar-refractivity contribution < 1.29 is 59.4 Å². The zero-order valence-electron chi connectivity index (χ0n) is 32.3. The Kier molecular flexibility index (Phi) is 15.4. The van der Waals surface area contributed by atoms with Crippen LogP contribution in [-0.4, -0.2) is 114 Å². The van der Waals surface area contributed by atoms with Crippen molar-refractivity contribution >= 4 is 43.3 Å². The molecule has 16 heteroatoms. The van der Waals surface area contributed by atoms with Crippen LogP contribution in [0.1, 0.15) is 70.4 Å². The summed E-state index contributed by atoms with van der Waals surface area (Å²) in [6.45, 7) is 9.30. The van der Waals surface area contributed by atoms with Gasteiger partial charge in [0.2, 0.25) is 5.69 Å². The molecule has 0 radical (unpaired) electrons. The average Bonchev–Trinajstić information content (AvgIpc) is 3.50. The van der Waals surface area contributed by atoms with E-state index in [0.717, 1.165) is 28.3 Å². The number of nitrogens with zero attached hydrogens (tertiary/aromatic N) is 2. The monoisotopic (exact) mass is 806 g/mol. The van der Waals surface area contributed by atoms with Crippen molar-refractivity contribution in [1.29, 1.82) is 0 Å². The number of aliphatic carboxylic acids is 1. The average molecular weight is 807 g/mol. The van der Waals surface area contributed by atoms with Gasteiger partial charge in [-0.15, -0.1) is 0 Å². The highest BCUT2D eigenvalue weighted by Gasteiger charge is 2.48. The second-order valence-electron chi connectivity index (χ2n) is 14.1. The summed E-state index contributed by atoms with van der Waals surface area (Å²) >= 11 is 0. The molecule has 2 aliphatic heterocycles. The summed E-state index contributed by atoms with van der Waals surface area (Å²) < 4.78 is 95.2. The van der Waals surface area contributed by atoms with E-state index >= 15 is 0 Å². The lowest BCUT2D eigenvalue weighted by Gasteiger charge is -2.30. The SMILES string of the molecule is CCN1/C(=C/C=C/C2=[N+](CCCCCC(=O)O)c3ccc(S(=O)(=O)[O-])cc3C2(C)CCOCCOC)C(C)(CCOCCOC)c2cc(S(=O)(=O)O)ccc21. The van der Waals surface area contributed by atoms with E-state index in [1.54, 1.807) is 26.4 Å². The van der Waals surface area contributed by atoms with Gasteiger partial charge in [-0.3, -0.25) is 9.35 Å². The predicted octanol–water partition coefficient (Wildman–Crippen LogP) is 5.18. The molecule has 4 rings (SSSR count). The van der Waals surface area contributed by atoms with Crippen LogP contribution in [0.2, 0.25) is 0 Å². The number of hydrogen-bond acceptors (Lipinski definition) is 11. The maximum Gasteiger partial charge on any atom is 0.303 e. The van der Waals surface area contributed by atoms with E-state index in [4.69, 9.17) is 24.1 Å². The third-order valence-electron chi connectivity index (χ3n) is 10.5. The molecule has 55 heavy (non-hydrogen) atoms. The molecule has 0 saturated heterocycles. The van der Waals surface area contributed by atoms with Gasteiger partial charge in [-0.05, 0) is 88.4 Å². The van der Waals surface area contributed by atoms with Crippen LogP contribution in [0.3, 0.4) is 0 Å². The van der Waals surface area contributed by atoms with Gasteiger partial charge in [0.1, 0.15) is 16.7 Å². The van der Waals surface area contributed by atoms with Crippen molar-refractivity contribution in [2.24, 2.45) is 0 Å². The molecule has 14 nitrogen and oxygen atoms in total. The highest BCUT2D eigenvalue weighted by atomic mass is 32.2. The van der Waals surface area contributed by atoms with Gasteiger partial charge in [0, 0.05) is 81.3 Å². The molecular weight excluding hydrogens is 753 g/mol. The molecule has 2 heterocycles. The van der Waals surface area contributed by atoms with Gasteiger partial charge in [-0.2, -0.15) is 13.0 Å². The van der Waals surface area contributed by atoms with Gasteiger partial charge in [0.25, 0.3) is 10.1 Å². The number of fused-ring (bicyclic) bond motifs is 2. The fourth-order valence-corrected chi connectivity index (χ4v) is 8.49. The highest BCUT2D eigenvalue weighted by molar-refractivity contribution is 7.86. The van der Waals surface area contributed by atoms with Gasteiger partial charge >= 0.3 is 5.97 Å². The summed E-state index contributed by atoms with van der Waals surface area (Å²) in [6.07, 6.45) is 8.68. The van der Waals surface area contributed by atoms with Crippen molar-refractivity contribution in [2.75, 3.05) is 71.9 Å². The number of anilines is 1. The van der Waals surface area contributed by atoms with Crippen molar-refractivity contribution in [1.82, 2.24) is 0 Å². The molecule has 0 saturated carbocycles. The first-order valence-corrected chi connectivity index (χ1v) is 21.3. The third kappa shape index (κ3) is 10.5. The second kappa shape index (κ2) is 19.1. The summed E-state index contributed by atoms with van der Waals surface area (Å²) in [7, 11) is -6.07. The number of benzene rings is 2. The highest BCUT2D eigenvalue weighted by Crippen LogP contribution is 2.51. The topological polar surface area (TPSA) is 192 Å². The standard InChI is InChI=1S/C39H54N2O12S2/c1-6-40-33-16-14-29(54(44,45)46)27-31(33)38(2,18-21-52-25-23-50-4)35(40)11-10-12-36-39(3,19-22-53-26-24-51-5)32-28-30(55(47,48)49)15-17-34(32)41(36)20-9-7-8-13-37(42)43/h10-12,14-17,27-28H,6-9,13,18-26H2,1-5H3,(H2-,42,43,44,45,46,47,48,49). The normalized spacial score (nSPS) is 20.6. The Morgan fingerprint density at radius 1 is 0.855 bits per heavy atom. The Balaban J connectivity index is 1.84. The largest absolute Gasteiger partial charge is 0.744 e. The lowest BCUT2D eigenvalue weighted by molar-refractivity contribution is -0.438. The van der Waals surface area contributed by atoms with Crippen molar-refractivity contribution in [3.05, 3.63) is 71.5 Å². The van der Waals surface area contributed by atoms with Crippen LogP contribution in [0.5, 0.6) is 0 Å². The third-order valence-corrected chi connectivity index (χ3v) is 12.1. The number of hydrogen-bond donors (Lipinski definition) is 2. The summed E-state index contributed by atoms with van der Waals surface area (Å²) in [5, 5.41) is 9.17. The minimum absolute atomic E-state index is 0.0557. The van der Waals surface area contributed by atoms with Crippen molar-refractivity contribution in [3.8, 4) is 0 Å². The predicted molar refractivity (Wildman–Crippen MR) is 206 cm³/mol. The van der Waals surface area contributed by atoms with Gasteiger partial charge in [-0.1, -0.05) is 6.08 Å². The molecule has 2 aliphatic rings. The van der Waals surface area contributed by atoms with Crippen LogP contribution >= 0.6 is 0 Å². The molecule has 304 valence electrons. The zero-order chi connectivity index (χ0) is 40.4. The van der Waals surface area contributed by atoms with Gasteiger partial charge in [0.15, 0.2) is 5.71 Å². The summed E-state index contributed by atoms with van der Waals surface area (Å²) in [5.74, 6) is -0.861. The first-order chi connectivity index (χ1) is 26.0. The first kappa shape index (κ1) is 44.2. The Labute approximate surface area is 324 Å². The van der Waals surface area contributed by atoms with Crippen LogP contribution in [0, 0.1) is 0 Å². The lowest BCUT2D eigenvalue weighted by Crippen LogP contribution is -2.33. The maximum atomic E-state index is 12.2. The molecule has 0 bridgehead atoms. The van der Waals surface area contributed by atoms with Crippen molar-refractivity contribution in [3.63, 3.8) is 0 Å². The fourth-order valence-electron chi connectivity index (χ4n) is 7.48. The number of methoxy groups -OCH3 is 2. The maximum absolute atomic E-state index is 12.2. The molecule has 0 aromatic heterocycles. The summed E-state index contributed by atoms with van der Waals surface area (Å²) in [6, 6.07) is 9.03. The number of likely N-dealkylation sites (N-methyl/N-ethyl adjacent to an activating group) is 1. The van der Waals surface area contributed by atoms with E-state index in [-0.39, 0.29) is 16.2 Å². The fraction of sp³-hybridized carbons (Fsp3) is 0.538. The number of carboxylic acid groups (broad SMARTS) is 1. The van der Waals surface area contributed by atoms with Crippen LogP contribution in [0.4, 0.5) is 11.4 Å². The second-order valence-corrected chi connectivity index (χ2v) is 16.9. The molecule has 0 spiro atoms. The first-order valence-electron chi connectivity index (χ1n) is 18.4. The number of carboxylic acids is 1. The molecule has 2 N–H and O–H groups in total. The quantitative estimate of drug-likeness (QED) is 0.0849. The minimum atomic E-state index is -4.76. The van der Waals surface area contributed by atoms with Gasteiger partial charge in [0.05, 0.1) is 41.6 Å².